The fourth-order valence-electron chi connectivity index (χ4n) is 4.65. The van der Waals surface area contributed by atoms with Gasteiger partial charge in [-0.15, -0.1) is 12.4 Å². The summed E-state index contributed by atoms with van der Waals surface area (Å²) in [6.07, 6.45) is 12.0. The summed E-state index contributed by atoms with van der Waals surface area (Å²) < 4.78 is 16.1. The lowest BCUT2D eigenvalue weighted by molar-refractivity contribution is 0.0599. The quantitative estimate of drug-likeness (QED) is 0.0881. The second-order valence-corrected chi connectivity index (χ2v) is 11.3. The number of hydrogen-bond acceptors (Lipinski definition) is 7. The molecule has 2 aromatic rings. The summed E-state index contributed by atoms with van der Waals surface area (Å²) >= 11 is 0. The first kappa shape index (κ1) is 43.2. The number of benzene rings is 2. The number of carbonyl (C=O) groups is 2. The van der Waals surface area contributed by atoms with Gasteiger partial charge in [-0.3, -0.25) is 0 Å². The fourth-order valence-corrected chi connectivity index (χ4v) is 4.65. The Kier molecular flexibility index (Phi) is 26.7. The Morgan fingerprint density at radius 2 is 0.891 bits per heavy atom. The van der Waals surface area contributed by atoms with E-state index in [4.69, 9.17) is 14.6 Å². The molecule has 0 fully saturated rings. The van der Waals surface area contributed by atoms with E-state index in [2.05, 4.69) is 42.2 Å². The molecular weight excluding hydrogens is 604 g/mol. The number of esters is 1. The molecule has 8 nitrogen and oxygen atoms in total. The van der Waals surface area contributed by atoms with Crippen molar-refractivity contribution in [2.75, 3.05) is 59.6 Å². The Balaban J connectivity index is 0.000000862. The number of rotatable bonds is 24. The van der Waals surface area contributed by atoms with Gasteiger partial charge in [-0.1, -0.05) is 53.4 Å². The standard InChI is InChI=1S/C19H31NO3.C18H29NO3.ClH/c1-4-6-13-20(14-7-5-2)15-8-16-23-18-11-9-17(10-12-18)19(21)22-3;1-3-5-12-19(13-6-4-2)14-7-15-22-17-10-8-16(9-11-17)18(20)21;/h9-12H,4-8,13-16H2,1-3H3;8-11H,3-7,12-15H2,1-2H3,(H,20,21);1H. The van der Waals surface area contributed by atoms with Crippen LogP contribution in [0.4, 0.5) is 0 Å². The van der Waals surface area contributed by atoms with Crippen LogP contribution in [-0.2, 0) is 4.74 Å². The predicted octanol–water partition coefficient (Wildman–Crippen LogP) is 8.62. The third-order valence-corrected chi connectivity index (χ3v) is 7.46. The van der Waals surface area contributed by atoms with Crippen molar-refractivity contribution in [2.45, 2.75) is 91.9 Å². The van der Waals surface area contributed by atoms with Crippen molar-refractivity contribution in [3.8, 4) is 11.5 Å². The number of halogens is 1. The van der Waals surface area contributed by atoms with Crippen LogP contribution >= 0.6 is 12.4 Å². The molecule has 0 saturated heterocycles. The van der Waals surface area contributed by atoms with Gasteiger partial charge in [0.15, 0.2) is 0 Å². The van der Waals surface area contributed by atoms with Crippen molar-refractivity contribution in [3.63, 3.8) is 0 Å². The summed E-state index contributed by atoms with van der Waals surface area (Å²) in [6.45, 7) is 17.1. The normalized spacial score (nSPS) is 10.6. The molecule has 262 valence electrons. The molecule has 0 unspecified atom stereocenters. The molecule has 0 saturated carbocycles. The Hall–Kier alpha value is -2.81. The number of unbranched alkanes of at least 4 members (excludes halogenated alkanes) is 4. The van der Waals surface area contributed by atoms with Crippen LogP contribution in [0.3, 0.4) is 0 Å². The minimum absolute atomic E-state index is 0. The van der Waals surface area contributed by atoms with Gasteiger partial charge < -0.3 is 29.1 Å². The highest BCUT2D eigenvalue weighted by Crippen LogP contribution is 2.14. The maximum atomic E-state index is 11.4. The molecule has 46 heavy (non-hydrogen) atoms. The van der Waals surface area contributed by atoms with Gasteiger partial charge in [-0.05, 0) is 113 Å². The molecule has 0 aromatic heterocycles. The van der Waals surface area contributed by atoms with E-state index in [0.29, 0.717) is 18.8 Å². The maximum absolute atomic E-state index is 11.4. The van der Waals surface area contributed by atoms with Crippen LogP contribution in [0.5, 0.6) is 11.5 Å². The Labute approximate surface area is 285 Å². The highest BCUT2D eigenvalue weighted by atomic mass is 35.5. The topological polar surface area (TPSA) is 88.5 Å². The second kappa shape index (κ2) is 28.4. The van der Waals surface area contributed by atoms with Crippen molar-refractivity contribution in [1.82, 2.24) is 9.80 Å². The molecule has 0 bridgehead atoms. The molecule has 0 amide bonds. The monoisotopic (exact) mass is 664 g/mol. The average molecular weight is 665 g/mol. The molecule has 0 aliphatic rings. The van der Waals surface area contributed by atoms with Crippen molar-refractivity contribution in [2.24, 2.45) is 0 Å². The van der Waals surface area contributed by atoms with Crippen molar-refractivity contribution in [3.05, 3.63) is 59.7 Å². The number of carbonyl (C=O) groups excluding carboxylic acids is 1. The summed E-state index contributed by atoms with van der Waals surface area (Å²) in [7, 11) is 1.38. The van der Waals surface area contributed by atoms with E-state index >= 15 is 0 Å². The summed E-state index contributed by atoms with van der Waals surface area (Å²) in [4.78, 5) is 27.2. The Morgan fingerprint density at radius 3 is 1.20 bits per heavy atom. The largest absolute Gasteiger partial charge is 0.494 e. The van der Waals surface area contributed by atoms with E-state index in [-0.39, 0.29) is 23.9 Å². The van der Waals surface area contributed by atoms with Crippen LogP contribution in [0, 0.1) is 0 Å². The van der Waals surface area contributed by atoms with Gasteiger partial charge in [0.1, 0.15) is 11.5 Å². The van der Waals surface area contributed by atoms with Crippen LogP contribution in [-0.4, -0.2) is 86.4 Å². The molecule has 0 atom stereocenters. The lowest BCUT2D eigenvalue weighted by Crippen LogP contribution is -2.28. The Bertz CT molecular complexity index is 1000. The van der Waals surface area contributed by atoms with Crippen molar-refractivity contribution in [1.29, 1.82) is 0 Å². The first-order chi connectivity index (χ1) is 21.9. The van der Waals surface area contributed by atoms with Crippen molar-refractivity contribution < 1.29 is 28.9 Å². The van der Waals surface area contributed by atoms with E-state index in [0.717, 1.165) is 37.4 Å². The summed E-state index contributed by atoms with van der Waals surface area (Å²) in [5.74, 6) is 0.304. The van der Waals surface area contributed by atoms with Crippen LogP contribution < -0.4 is 9.47 Å². The van der Waals surface area contributed by atoms with Crippen LogP contribution in [0.25, 0.3) is 0 Å². The molecule has 0 aliphatic heterocycles. The smallest absolute Gasteiger partial charge is 0.337 e. The van der Waals surface area contributed by atoms with E-state index < -0.39 is 5.97 Å². The minimum atomic E-state index is -0.908. The van der Waals surface area contributed by atoms with E-state index in [1.165, 1.54) is 84.7 Å². The van der Waals surface area contributed by atoms with Crippen LogP contribution in [0.2, 0.25) is 0 Å². The number of aromatic carboxylic acids is 1. The number of methoxy groups -OCH3 is 1. The van der Waals surface area contributed by atoms with E-state index in [1.807, 2.05) is 12.1 Å². The fraction of sp³-hybridized carbons (Fsp3) is 0.622. The second-order valence-electron chi connectivity index (χ2n) is 11.3. The Morgan fingerprint density at radius 1 is 0.565 bits per heavy atom. The zero-order valence-electron chi connectivity index (χ0n) is 29.1. The summed E-state index contributed by atoms with van der Waals surface area (Å²) in [5.41, 5.74) is 0.836. The maximum Gasteiger partial charge on any atom is 0.337 e. The SMILES string of the molecule is CCCCN(CCCC)CCCOc1ccc(C(=O)O)cc1.CCCCN(CCCC)CCCOc1ccc(C(=O)OC)cc1.Cl. The minimum Gasteiger partial charge on any atom is -0.494 e. The molecule has 9 heteroatoms. The first-order valence-corrected chi connectivity index (χ1v) is 17.1. The number of carboxylic acid groups (broad SMARTS) is 1. The number of hydrogen-bond donors (Lipinski definition) is 1. The van der Waals surface area contributed by atoms with Crippen LogP contribution in [0.1, 0.15) is 113 Å². The molecule has 0 heterocycles. The first-order valence-electron chi connectivity index (χ1n) is 17.1. The van der Waals surface area contributed by atoms with Gasteiger partial charge in [-0.2, -0.15) is 0 Å². The van der Waals surface area contributed by atoms with Gasteiger partial charge in [0, 0.05) is 13.1 Å². The molecule has 0 aliphatic carbocycles. The molecule has 2 aromatic carbocycles. The van der Waals surface area contributed by atoms with Crippen molar-refractivity contribution >= 4 is 24.3 Å². The third kappa shape index (κ3) is 20.3. The van der Waals surface area contributed by atoms with Gasteiger partial charge in [0.05, 0.1) is 31.5 Å². The summed E-state index contributed by atoms with van der Waals surface area (Å²) in [5, 5.41) is 8.85. The lowest BCUT2D eigenvalue weighted by Gasteiger charge is -2.21. The molecular formula is C37H61ClN2O6. The summed E-state index contributed by atoms with van der Waals surface area (Å²) in [6, 6.07) is 13.7. The van der Waals surface area contributed by atoms with E-state index in [9.17, 15) is 9.59 Å². The number of carboxylic acids is 1. The number of ether oxygens (including phenoxy) is 3. The third-order valence-electron chi connectivity index (χ3n) is 7.46. The van der Waals surface area contributed by atoms with Gasteiger partial charge in [-0.25, -0.2) is 9.59 Å². The molecule has 0 radical (unpaired) electrons. The zero-order valence-corrected chi connectivity index (χ0v) is 30.0. The molecule has 1 N–H and O–H groups in total. The van der Waals surface area contributed by atoms with Gasteiger partial charge in [0.2, 0.25) is 0 Å². The van der Waals surface area contributed by atoms with Crippen LogP contribution in [0.15, 0.2) is 48.5 Å². The molecule has 2 rings (SSSR count). The highest BCUT2D eigenvalue weighted by Gasteiger charge is 2.07. The predicted molar refractivity (Wildman–Crippen MR) is 191 cm³/mol. The highest BCUT2D eigenvalue weighted by molar-refractivity contribution is 5.89. The van der Waals surface area contributed by atoms with E-state index in [1.54, 1.807) is 36.4 Å². The zero-order chi connectivity index (χ0) is 33.1. The number of nitrogens with zero attached hydrogens (tertiary/aromatic N) is 2. The van der Waals surface area contributed by atoms with Gasteiger partial charge >= 0.3 is 11.9 Å². The van der Waals surface area contributed by atoms with Gasteiger partial charge in [0.25, 0.3) is 0 Å². The average Bonchev–Trinajstić information content (AvgIpc) is 3.07. The lowest BCUT2D eigenvalue weighted by atomic mass is 10.2. The molecule has 0 spiro atoms.